The van der Waals surface area contributed by atoms with Crippen LogP contribution in [-0.4, -0.2) is 28.5 Å². The molecule has 3 nitrogen and oxygen atoms in total. The third-order valence-corrected chi connectivity index (χ3v) is 4.02. The van der Waals surface area contributed by atoms with E-state index in [1.54, 1.807) is 0 Å². The van der Waals surface area contributed by atoms with Gasteiger partial charge >= 0.3 is 0 Å². The Balaban J connectivity index is 1.87. The molecule has 0 spiro atoms. The average molecular weight is 282 g/mol. The molecule has 3 rings (SSSR count). The Labute approximate surface area is 104 Å². The Hall–Kier alpha value is -0.450. The van der Waals surface area contributed by atoms with E-state index in [1.165, 1.54) is 12.8 Å². The molecule has 1 aromatic heterocycles. The minimum absolute atomic E-state index is 0.245. The monoisotopic (exact) mass is 281 g/mol. The quantitative estimate of drug-likeness (QED) is 0.903. The lowest BCUT2D eigenvalue weighted by Crippen LogP contribution is -2.33. The number of likely N-dealkylation sites (tertiary alicyclic amines) is 1. The van der Waals surface area contributed by atoms with Crippen molar-refractivity contribution >= 4 is 15.9 Å². The smallest absolute Gasteiger partial charge is 0.0676 e. The fourth-order valence-electron chi connectivity index (χ4n) is 2.61. The second-order valence-electron chi connectivity index (χ2n) is 4.77. The first-order chi connectivity index (χ1) is 7.75. The molecule has 16 heavy (non-hydrogen) atoms. The summed E-state index contributed by atoms with van der Waals surface area (Å²) in [5.74, 6) is 0. The van der Waals surface area contributed by atoms with Gasteiger partial charge in [0.25, 0.3) is 0 Å². The Bertz CT molecular complexity index is 374. The Morgan fingerprint density at radius 2 is 2.12 bits per heavy atom. The molecule has 2 unspecified atom stereocenters. The fraction of sp³-hybridized carbons (Fsp3) is 0.583. The second kappa shape index (κ2) is 4.09. The van der Waals surface area contributed by atoms with Gasteiger partial charge in [0, 0.05) is 29.3 Å². The van der Waals surface area contributed by atoms with E-state index >= 15 is 0 Å². The molecule has 0 amide bonds. The van der Waals surface area contributed by atoms with Gasteiger partial charge in [-0.25, -0.2) is 0 Å². The standard InChI is InChI=1S/C12H16BrN3/c13-8-1-4-11(15-7-8)12-10(14)5-6-16(12)9-2-3-9/h1,4,7,9-10,12H,2-3,5-6,14H2. The summed E-state index contributed by atoms with van der Waals surface area (Å²) in [5.41, 5.74) is 7.34. The molecule has 2 heterocycles. The first-order valence-electron chi connectivity index (χ1n) is 5.88. The molecule has 2 atom stereocenters. The van der Waals surface area contributed by atoms with Crippen molar-refractivity contribution in [3.8, 4) is 0 Å². The van der Waals surface area contributed by atoms with Crippen molar-refractivity contribution in [1.82, 2.24) is 9.88 Å². The largest absolute Gasteiger partial charge is 0.326 e. The van der Waals surface area contributed by atoms with E-state index < -0.39 is 0 Å². The van der Waals surface area contributed by atoms with Gasteiger partial charge in [-0.05, 0) is 47.3 Å². The number of aromatic nitrogens is 1. The van der Waals surface area contributed by atoms with E-state index in [9.17, 15) is 0 Å². The van der Waals surface area contributed by atoms with Crippen LogP contribution in [0.2, 0.25) is 0 Å². The average Bonchev–Trinajstić information content (AvgIpc) is 3.05. The zero-order chi connectivity index (χ0) is 11.1. The van der Waals surface area contributed by atoms with E-state index in [-0.39, 0.29) is 6.04 Å². The summed E-state index contributed by atoms with van der Waals surface area (Å²) in [7, 11) is 0. The minimum Gasteiger partial charge on any atom is -0.326 e. The number of rotatable bonds is 2. The second-order valence-corrected chi connectivity index (χ2v) is 5.68. The number of halogens is 1. The molecular formula is C12H16BrN3. The van der Waals surface area contributed by atoms with Crippen LogP contribution in [0.3, 0.4) is 0 Å². The van der Waals surface area contributed by atoms with Gasteiger partial charge in [-0.1, -0.05) is 0 Å². The third kappa shape index (κ3) is 1.90. The summed E-state index contributed by atoms with van der Waals surface area (Å²) >= 11 is 3.42. The summed E-state index contributed by atoms with van der Waals surface area (Å²) in [6.07, 6.45) is 5.63. The molecule has 0 radical (unpaired) electrons. The Kier molecular flexibility index (Phi) is 2.73. The van der Waals surface area contributed by atoms with E-state index in [0.29, 0.717) is 6.04 Å². The highest BCUT2D eigenvalue weighted by Crippen LogP contribution is 2.39. The lowest BCUT2D eigenvalue weighted by atomic mass is 10.1. The molecule has 2 aliphatic rings. The molecular weight excluding hydrogens is 266 g/mol. The van der Waals surface area contributed by atoms with Gasteiger partial charge in [-0.15, -0.1) is 0 Å². The van der Waals surface area contributed by atoms with Gasteiger partial charge in [0.15, 0.2) is 0 Å². The van der Waals surface area contributed by atoms with Crippen LogP contribution in [0.5, 0.6) is 0 Å². The molecule has 1 aliphatic carbocycles. The zero-order valence-corrected chi connectivity index (χ0v) is 10.7. The summed E-state index contributed by atoms with van der Waals surface area (Å²) in [6, 6.07) is 5.49. The molecule has 86 valence electrons. The van der Waals surface area contributed by atoms with Crippen LogP contribution >= 0.6 is 15.9 Å². The van der Waals surface area contributed by atoms with Crippen LogP contribution in [-0.2, 0) is 0 Å². The maximum Gasteiger partial charge on any atom is 0.0676 e. The Morgan fingerprint density at radius 1 is 1.31 bits per heavy atom. The van der Waals surface area contributed by atoms with E-state index in [2.05, 4.69) is 37.9 Å². The van der Waals surface area contributed by atoms with Crippen molar-refractivity contribution in [2.24, 2.45) is 5.73 Å². The third-order valence-electron chi connectivity index (χ3n) is 3.55. The van der Waals surface area contributed by atoms with Crippen molar-refractivity contribution < 1.29 is 0 Å². The summed E-state index contributed by atoms with van der Waals surface area (Å²) in [4.78, 5) is 7.05. The molecule has 0 bridgehead atoms. The molecule has 2 fully saturated rings. The van der Waals surface area contributed by atoms with Crippen LogP contribution < -0.4 is 5.73 Å². The predicted octanol–water partition coefficient (Wildman–Crippen LogP) is 2.08. The summed E-state index contributed by atoms with van der Waals surface area (Å²) < 4.78 is 1.03. The van der Waals surface area contributed by atoms with Gasteiger partial charge in [-0.3, -0.25) is 9.88 Å². The number of pyridine rings is 1. The maximum atomic E-state index is 6.21. The van der Waals surface area contributed by atoms with E-state index in [1.807, 2.05) is 6.20 Å². The molecule has 1 saturated carbocycles. The molecule has 1 aromatic rings. The van der Waals surface area contributed by atoms with Crippen molar-refractivity contribution in [1.29, 1.82) is 0 Å². The first kappa shape index (κ1) is 10.7. The normalized spacial score (nSPS) is 30.9. The zero-order valence-electron chi connectivity index (χ0n) is 9.14. The lowest BCUT2D eigenvalue weighted by Gasteiger charge is -2.26. The van der Waals surface area contributed by atoms with E-state index in [4.69, 9.17) is 5.73 Å². The summed E-state index contributed by atoms with van der Waals surface area (Å²) in [5, 5.41) is 0. The molecule has 1 aliphatic heterocycles. The minimum atomic E-state index is 0.245. The fourth-order valence-corrected chi connectivity index (χ4v) is 2.84. The van der Waals surface area contributed by atoms with Gasteiger partial charge in [-0.2, -0.15) is 0 Å². The molecule has 1 saturated heterocycles. The van der Waals surface area contributed by atoms with Crippen LogP contribution in [0.4, 0.5) is 0 Å². The number of hydrogen-bond donors (Lipinski definition) is 1. The molecule has 2 N–H and O–H groups in total. The summed E-state index contributed by atoms with van der Waals surface area (Å²) in [6.45, 7) is 1.13. The van der Waals surface area contributed by atoms with Crippen molar-refractivity contribution in [2.45, 2.75) is 37.4 Å². The van der Waals surface area contributed by atoms with Crippen LogP contribution in [0, 0.1) is 0 Å². The number of hydrogen-bond acceptors (Lipinski definition) is 3. The number of nitrogens with zero attached hydrogens (tertiary/aromatic N) is 2. The van der Waals surface area contributed by atoms with Gasteiger partial charge < -0.3 is 5.73 Å². The van der Waals surface area contributed by atoms with E-state index in [0.717, 1.165) is 29.2 Å². The van der Waals surface area contributed by atoms with Crippen molar-refractivity contribution in [3.05, 3.63) is 28.5 Å². The number of nitrogens with two attached hydrogens (primary N) is 1. The van der Waals surface area contributed by atoms with Crippen LogP contribution in [0.1, 0.15) is 31.0 Å². The van der Waals surface area contributed by atoms with Gasteiger partial charge in [0.05, 0.1) is 11.7 Å². The van der Waals surface area contributed by atoms with Crippen molar-refractivity contribution in [2.75, 3.05) is 6.54 Å². The highest BCUT2D eigenvalue weighted by molar-refractivity contribution is 9.10. The SMILES string of the molecule is NC1CCN(C2CC2)C1c1ccc(Br)cn1. The highest BCUT2D eigenvalue weighted by atomic mass is 79.9. The highest BCUT2D eigenvalue weighted by Gasteiger charge is 2.41. The maximum absolute atomic E-state index is 6.21. The van der Waals surface area contributed by atoms with Gasteiger partial charge in [0.1, 0.15) is 0 Å². The molecule has 4 heteroatoms. The lowest BCUT2D eigenvalue weighted by molar-refractivity contribution is 0.233. The Morgan fingerprint density at radius 3 is 2.75 bits per heavy atom. The predicted molar refractivity (Wildman–Crippen MR) is 67.0 cm³/mol. The van der Waals surface area contributed by atoms with Crippen molar-refractivity contribution in [3.63, 3.8) is 0 Å². The van der Waals surface area contributed by atoms with Crippen LogP contribution in [0.25, 0.3) is 0 Å². The topological polar surface area (TPSA) is 42.1 Å². The first-order valence-corrected chi connectivity index (χ1v) is 6.68. The van der Waals surface area contributed by atoms with Gasteiger partial charge in [0.2, 0.25) is 0 Å². The molecule has 0 aromatic carbocycles. The van der Waals surface area contributed by atoms with Crippen LogP contribution in [0.15, 0.2) is 22.8 Å².